The van der Waals surface area contributed by atoms with Crippen molar-refractivity contribution in [1.82, 2.24) is 5.32 Å². The number of hydrogen-bond donors (Lipinski definition) is 3. The van der Waals surface area contributed by atoms with E-state index in [0.717, 1.165) is 94.1 Å². The summed E-state index contributed by atoms with van der Waals surface area (Å²) in [5.41, 5.74) is 3.39. The van der Waals surface area contributed by atoms with Crippen molar-refractivity contribution < 1.29 is 34.1 Å². The van der Waals surface area contributed by atoms with Crippen molar-refractivity contribution in [2.75, 3.05) is 18.0 Å². The van der Waals surface area contributed by atoms with Crippen molar-refractivity contribution >= 4 is 29.3 Å². The lowest BCUT2D eigenvalue weighted by Crippen LogP contribution is -2.66. The van der Waals surface area contributed by atoms with Crippen LogP contribution in [0.1, 0.15) is 151 Å². The summed E-state index contributed by atoms with van der Waals surface area (Å²) in [6.45, 7) is 22.6. The van der Waals surface area contributed by atoms with Crippen LogP contribution in [0.25, 0.3) is 0 Å². The van der Waals surface area contributed by atoms with E-state index in [0.29, 0.717) is 37.6 Å². The number of rotatable bonds is 9. The van der Waals surface area contributed by atoms with Gasteiger partial charge in [-0.3, -0.25) is 19.2 Å². The molecule has 3 N–H and O–H groups in total. The number of ether oxygens (including phenoxy) is 1. The van der Waals surface area contributed by atoms with Crippen LogP contribution in [0.2, 0.25) is 0 Å². The number of aliphatic carboxylic acids is 1. The Morgan fingerprint density at radius 1 is 0.817 bits per heavy atom. The van der Waals surface area contributed by atoms with E-state index >= 15 is 0 Å². The number of carbonyl (C=O) groups is 4. The molecule has 60 heavy (non-hydrogen) atoms. The second kappa shape index (κ2) is 15.0. The first-order valence-corrected chi connectivity index (χ1v) is 23.6. The summed E-state index contributed by atoms with van der Waals surface area (Å²) in [6, 6.07) is 8.42. The average Bonchev–Trinajstić information content (AvgIpc) is 3.47. The molecule has 0 radical (unpaired) electrons. The van der Waals surface area contributed by atoms with E-state index in [9.17, 15) is 29.4 Å². The van der Waals surface area contributed by atoms with Crippen LogP contribution in [0.4, 0.5) is 5.69 Å². The minimum atomic E-state index is -0.832. The molecule has 0 aromatic heterocycles. The average molecular weight is 827 g/mol. The van der Waals surface area contributed by atoms with Gasteiger partial charge in [0, 0.05) is 49.0 Å². The number of piperidine rings is 1. The zero-order valence-corrected chi connectivity index (χ0v) is 38.1. The van der Waals surface area contributed by atoms with Crippen LogP contribution in [0, 0.1) is 68.0 Å². The highest BCUT2D eigenvalue weighted by atomic mass is 16.5. The van der Waals surface area contributed by atoms with Gasteiger partial charge in [0.05, 0.1) is 17.9 Å². The van der Waals surface area contributed by atoms with E-state index in [1.54, 1.807) is 0 Å². The number of benzene rings is 1. The topological polar surface area (TPSA) is 133 Å². The molecule has 1 heterocycles. The summed E-state index contributed by atoms with van der Waals surface area (Å²) in [6.07, 6.45) is 10.3. The molecule has 6 fully saturated rings. The quantitative estimate of drug-likeness (QED) is 0.210. The van der Waals surface area contributed by atoms with E-state index in [4.69, 9.17) is 4.74 Å². The zero-order chi connectivity index (χ0) is 43.4. The van der Waals surface area contributed by atoms with Gasteiger partial charge in [0.1, 0.15) is 6.10 Å². The number of nitrogens with one attached hydrogen (secondary N) is 1. The number of aliphatic hydroxyl groups is 1. The number of carboxylic acids is 1. The molecular formula is C51H74N2O7. The fourth-order valence-corrected chi connectivity index (χ4v) is 15.6. The van der Waals surface area contributed by atoms with Crippen LogP contribution in [-0.4, -0.2) is 59.1 Å². The summed E-state index contributed by atoms with van der Waals surface area (Å²) >= 11 is 0. The maximum Gasteiger partial charge on any atom is 0.309 e. The van der Waals surface area contributed by atoms with Gasteiger partial charge >= 0.3 is 11.9 Å². The number of allylic oxidation sites excluding steroid dienone is 2. The molecule has 5 saturated carbocycles. The zero-order valence-electron chi connectivity index (χ0n) is 38.1. The Bertz CT molecular complexity index is 1930. The first kappa shape index (κ1) is 43.4. The third kappa shape index (κ3) is 6.62. The van der Waals surface area contributed by atoms with E-state index in [1.165, 1.54) is 5.57 Å². The molecule has 9 nitrogen and oxygen atoms in total. The van der Waals surface area contributed by atoms with Crippen LogP contribution in [0.3, 0.4) is 0 Å². The van der Waals surface area contributed by atoms with E-state index in [1.807, 2.05) is 13.8 Å². The number of Topliss-reactive ketones (excluding diaryl/α,β-unsaturated/α-hetero) is 1. The Hall–Kier alpha value is -3.20. The summed E-state index contributed by atoms with van der Waals surface area (Å²) in [7, 11) is 0. The minimum absolute atomic E-state index is 0.0118. The second-order valence-corrected chi connectivity index (χ2v) is 23.1. The molecule has 0 unspecified atom stereocenters. The maximum absolute atomic E-state index is 14.2. The van der Waals surface area contributed by atoms with Gasteiger partial charge in [-0.1, -0.05) is 80.0 Å². The third-order valence-corrected chi connectivity index (χ3v) is 19.4. The second-order valence-electron chi connectivity index (χ2n) is 23.1. The van der Waals surface area contributed by atoms with Gasteiger partial charge < -0.3 is 25.2 Å². The standard InChI is InChI=1S/C51H74N2O7/c1-30(2)42-37(55)27-51(28-41(56)52-29-31-10-12-32(13-11-31)53-24-18-33(54)19-25-53)23-22-49(8)34(43(42)51)14-15-39-48(7)20-17-40(47(5,6)38(48)16-21-50(39,49)9)60-45(59)36-26-35(44(57)58)46(36,3)4/h10-13,30,33-36,38-40,54H,14-29H2,1-9H3,(H,52,56)(H,57,58)/t34-,35+,36-,38+,39-,40+,48+,49-,50-,51+/m1/s1. The molecule has 0 bridgehead atoms. The highest BCUT2D eigenvalue weighted by Gasteiger charge is 2.70. The molecule has 10 atom stereocenters. The molecule has 6 aliphatic carbocycles. The number of carboxylic acid groups (broad SMARTS) is 1. The molecule has 1 amide bonds. The Kier molecular flexibility index (Phi) is 10.8. The van der Waals surface area contributed by atoms with Gasteiger partial charge in [0.25, 0.3) is 0 Å². The van der Waals surface area contributed by atoms with Gasteiger partial charge in [-0.15, -0.1) is 0 Å². The number of esters is 1. The number of nitrogens with zero attached hydrogens (tertiary/aromatic N) is 1. The molecule has 7 aliphatic rings. The smallest absolute Gasteiger partial charge is 0.309 e. The van der Waals surface area contributed by atoms with Crippen molar-refractivity contribution in [2.45, 2.75) is 165 Å². The van der Waals surface area contributed by atoms with Crippen LogP contribution in [-0.2, 0) is 30.5 Å². The number of fused-ring (bicyclic) bond motifs is 7. The molecule has 9 heteroatoms. The van der Waals surface area contributed by atoms with Crippen LogP contribution in [0.5, 0.6) is 0 Å². The Labute approximate surface area is 359 Å². The van der Waals surface area contributed by atoms with Crippen LogP contribution >= 0.6 is 0 Å². The van der Waals surface area contributed by atoms with Crippen molar-refractivity contribution in [1.29, 1.82) is 0 Å². The van der Waals surface area contributed by atoms with Gasteiger partial charge in [0.2, 0.25) is 5.91 Å². The molecule has 1 aliphatic heterocycles. The lowest BCUT2D eigenvalue weighted by atomic mass is 9.33. The predicted molar refractivity (Wildman–Crippen MR) is 233 cm³/mol. The number of aliphatic hydroxyl groups excluding tert-OH is 1. The first-order valence-electron chi connectivity index (χ1n) is 23.6. The Morgan fingerprint density at radius 2 is 1.50 bits per heavy atom. The Balaban J connectivity index is 0.983. The molecule has 0 spiro atoms. The fourth-order valence-electron chi connectivity index (χ4n) is 15.6. The van der Waals surface area contributed by atoms with Crippen LogP contribution < -0.4 is 10.2 Å². The number of amides is 1. The van der Waals surface area contributed by atoms with E-state index in [-0.39, 0.29) is 69.3 Å². The molecule has 1 saturated heterocycles. The first-order chi connectivity index (χ1) is 28.1. The predicted octanol–water partition coefficient (Wildman–Crippen LogP) is 9.29. The van der Waals surface area contributed by atoms with Crippen molar-refractivity contribution in [3.05, 3.63) is 41.0 Å². The summed E-state index contributed by atoms with van der Waals surface area (Å²) < 4.78 is 6.43. The van der Waals surface area contributed by atoms with Crippen molar-refractivity contribution in [2.24, 2.45) is 68.0 Å². The highest BCUT2D eigenvalue weighted by Crippen LogP contribution is 2.77. The molecule has 330 valence electrons. The summed E-state index contributed by atoms with van der Waals surface area (Å²) in [5, 5.41) is 22.9. The third-order valence-electron chi connectivity index (χ3n) is 19.4. The molecule has 1 aromatic carbocycles. The number of carbonyl (C=O) groups excluding carboxylic acids is 3. The minimum Gasteiger partial charge on any atom is -0.481 e. The monoisotopic (exact) mass is 827 g/mol. The lowest BCUT2D eigenvalue weighted by Gasteiger charge is -2.72. The largest absolute Gasteiger partial charge is 0.481 e. The molecule has 1 aromatic rings. The Morgan fingerprint density at radius 3 is 2.13 bits per heavy atom. The number of hydrogen-bond acceptors (Lipinski definition) is 7. The van der Waals surface area contributed by atoms with Crippen LogP contribution in [0.15, 0.2) is 35.4 Å². The van der Waals surface area contributed by atoms with Crippen molar-refractivity contribution in [3.63, 3.8) is 0 Å². The number of ketones is 1. The molecule has 8 rings (SSSR count). The molecular weight excluding hydrogens is 753 g/mol. The van der Waals surface area contributed by atoms with Gasteiger partial charge in [-0.05, 0) is 139 Å². The maximum atomic E-state index is 14.2. The van der Waals surface area contributed by atoms with E-state index in [2.05, 4.69) is 82.9 Å². The van der Waals surface area contributed by atoms with Gasteiger partial charge in [-0.25, -0.2) is 0 Å². The summed E-state index contributed by atoms with van der Waals surface area (Å²) in [5.74, 6) is -0.431. The van der Waals surface area contributed by atoms with Gasteiger partial charge in [0.15, 0.2) is 5.78 Å². The highest BCUT2D eigenvalue weighted by molar-refractivity contribution is 6.01. The number of anilines is 1. The van der Waals surface area contributed by atoms with E-state index < -0.39 is 22.7 Å². The van der Waals surface area contributed by atoms with Gasteiger partial charge in [-0.2, -0.15) is 0 Å². The van der Waals surface area contributed by atoms with Crippen molar-refractivity contribution in [3.8, 4) is 0 Å². The SMILES string of the molecule is CC(C)C1=C2[C@H]3CC[C@@H]4[C@@]5(C)CC[C@H](OC(=O)[C@H]6C[C@@H](C(=O)O)C6(C)C)C(C)(C)[C@@H]5CC[C@@]4(C)[C@]3(C)CC[C@@]2(CC(=O)NCc2ccc(N3CCC(O)CC3)cc2)CC1=O. The summed E-state index contributed by atoms with van der Waals surface area (Å²) in [4.78, 5) is 56.0. The lowest BCUT2D eigenvalue weighted by molar-refractivity contribution is -0.236. The normalized spacial score (nSPS) is 39.5. The fraction of sp³-hybridized carbons (Fsp3) is 0.765.